The van der Waals surface area contributed by atoms with Crippen molar-refractivity contribution in [2.45, 2.75) is 12.8 Å². The van der Waals surface area contributed by atoms with E-state index in [1.807, 2.05) is 24.3 Å². The van der Waals surface area contributed by atoms with Crippen LogP contribution >= 0.6 is 0 Å². The van der Waals surface area contributed by atoms with Crippen molar-refractivity contribution >= 4 is 17.4 Å². The van der Waals surface area contributed by atoms with E-state index in [-0.39, 0.29) is 5.91 Å². The molecule has 0 saturated heterocycles. The summed E-state index contributed by atoms with van der Waals surface area (Å²) in [5.41, 5.74) is 1.31. The Hall–Kier alpha value is -2.56. The number of para-hydroxylation sites is 2. The van der Waals surface area contributed by atoms with Crippen molar-refractivity contribution in [3.05, 3.63) is 48.2 Å². The molecular weight excluding hydrogens is 278 g/mol. The minimum Gasteiger partial charge on any atom is -0.495 e. The van der Waals surface area contributed by atoms with E-state index >= 15 is 0 Å². The fourth-order valence-corrected chi connectivity index (χ4v) is 2.22. The van der Waals surface area contributed by atoms with Gasteiger partial charge in [0.05, 0.1) is 18.4 Å². The van der Waals surface area contributed by atoms with Crippen molar-refractivity contribution in [3.8, 4) is 5.75 Å². The Morgan fingerprint density at radius 3 is 2.86 bits per heavy atom. The number of hydrogen-bond donors (Lipinski definition) is 2. The van der Waals surface area contributed by atoms with E-state index in [1.165, 1.54) is 12.8 Å². The molecule has 1 amide bonds. The maximum atomic E-state index is 12.3. The molecule has 0 spiro atoms. The first kappa shape index (κ1) is 14.4. The summed E-state index contributed by atoms with van der Waals surface area (Å²) in [5, 5.41) is 6.14. The van der Waals surface area contributed by atoms with Gasteiger partial charge in [-0.25, -0.2) is 4.98 Å². The molecule has 1 saturated carbocycles. The van der Waals surface area contributed by atoms with Crippen molar-refractivity contribution in [2.75, 3.05) is 19.0 Å². The molecule has 0 aliphatic heterocycles. The van der Waals surface area contributed by atoms with E-state index < -0.39 is 0 Å². The zero-order valence-electron chi connectivity index (χ0n) is 12.5. The number of carbonyl (C=O) groups excluding carboxylic acids is 1. The Balaban J connectivity index is 1.79. The summed E-state index contributed by atoms with van der Waals surface area (Å²) in [6.07, 6.45) is 4.08. The number of aromatic nitrogens is 1. The molecule has 0 atom stereocenters. The van der Waals surface area contributed by atoms with Gasteiger partial charge in [-0.15, -0.1) is 0 Å². The summed E-state index contributed by atoms with van der Waals surface area (Å²) in [5.74, 6) is 1.78. The highest BCUT2D eigenvalue weighted by Gasteiger charge is 2.22. The SMILES string of the molecule is COc1ccccc1Nc1ncccc1C(=O)NCC1CC1. The molecule has 1 heterocycles. The first-order chi connectivity index (χ1) is 10.8. The molecule has 0 radical (unpaired) electrons. The Bertz CT molecular complexity index is 668. The van der Waals surface area contributed by atoms with Gasteiger partial charge >= 0.3 is 0 Å². The average Bonchev–Trinajstić information content (AvgIpc) is 3.38. The normalized spacial score (nSPS) is 13.5. The molecule has 22 heavy (non-hydrogen) atoms. The van der Waals surface area contributed by atoms with Crippen molar-refractivity contribution in [1.82, 2.24) is 10.3 Å². The summed E-state index contributed by atoms with van der Waals surface area (Å²) in [4.78, 5) is 16.6. The van der Waals surface area contributed by atoms with Gasteiger partial charge in [-0.1, -0.05) is 12.1 Å². The molecule has 1 fully saturated rings. The summed E-state index contributed by atoms with van der Waals surface area (Å²) in [6, 6.07) is 11.1. The van der Waals surface area contributed by atoms with Crippen molar-refractivity contribution in [2.24, 2.45) is 5.92 Å². The highest BCUT2D eigenvalue weighted by molar-refractivity contribution is 5.99. The lowest BCUT2D eigenvalue weighted by Gasteiger charge is -2.13. The smallest absolute Gasteiger partial charge is 0.255 e. The van der Waals surface area contributed by atoms with E-state index in [0.717, 1.165) is 12.2 Å². The van der Waals surface area contributed by atoms with Crippen LogP contribution in [0.2, 0.25) is 0 Å². The highest BCUT2D eigenvalue weighted by atomic mass is 16.5. The molecule has 0 bridgehead atoms. The number of carbonyl (C=O) groups is 1. The number of benzene rings is 1. The lowest BCUT2D eigenvalue weighted by molar-refractivity contribution is 0.0952. The molecule has 5 heteroatoms. The molecule has 0 unspecified atom stereocenters. The summed E-state index contributed by atoms with van der Waals surface area (Å²) in [7, 11) is 1.61. The van der Waals surface area contributed by atoms with E-state index in [1.54, 1.807) is 25.4 Å². The van der Waals surface area contributed by atoms with E-state index in [4.69, 9.17) is 4.74 Å². The van der Waals surface area contributed by atoms with Gasteiger partial charge in [0, 0.05) is 12.7 Å². The minimum absolute atomic E-state index is 0.0996. The molecule has 5 nitrogen and oxygen atoms in total. The van der Waals surface area contributed by atoms with Crippen LogP contribution in [-0.4, -0.2) is 24.5 Å². The van der Waals surface area contributed by atoms with E-state index in [2.05, 4.69) is 15.6 Å². The van der Waals surface area contributed by atoms with Crippen LogP contribution in [0, 0.1) is 5.92 Å². The Morgan fingerprint density at radius 1 is 1.27 bits per heavy atom. The lowest BCUT2D eigenvalue weighted by atomic mass is 10.2. The molecule has 1 aromatic carbocycles. The van der Waals surface area contributed by atoms with Gasteiger partial charge in [-0.3, -0.25) is 4.79 Å². The van der Waals surface area contributed by atoms with Crippen molar-refractivity contribution < 1.29 is 9.53 Å². The largest absolute Gasteiger partial charge is 0.495 e. The number of nitrogens with one attached hydrogen (secondary N) is 2. The van der Waals surface area contributed by atoms with Crippen LogP contribution in [0.1, 0.15) is 23.2 Å². The van der Waals surface area contributed by atoms with Crippen LogP contribution < -0.4 is 15.4 Å². The third kappa shape index (κ3) is 3.36. The Labute approximate surface area is 129 Å². The topological polar surface area (TPSA) is 63.2 Å². The number of anilines is 2. The number of ether oxygens (including phenoxy) is 1. The van der Waals surface area contributed by atoms with Crippen LogP contribution in [0.25, 0.3) is 0 Å². The van der Waals surface area contributed by atoms with Crippen molar-refractivity contribution in [1.29, 1.82) is 0 Å². The zero-order valence-corrected chi connectivity index (χ0v) is 12.5. The highest BCUT2D eigenvalue weighted by Crippen LogP contribution is 2.29. The quantitative estimate of drug-likeness (QED) is 0.860. The molecule has 1 aliphatic rings. The van der Waals surface area contributed by atoms with Gasteiger partial charge in [-0.2, -0.15) is 0 Å². The number of pyridine rings is 1. The number of methoxy groups -OCH3 is 1. The number of hydrogen-bond acceptors (Lipinski definition) is 4. The van der Waals surface area contributed by atoms with Gasteiger partial charge in [-0.05, 0) is 43.0 Å². The predicted octanol–water partition coefficient (Wildman–Crippen LogP) is 2.97. The number of rotatable bonds is 6. The second-order valence-corrected chi connectivity index (χ2v) is 5.38. The van der Waals surface area contributed by atoms with Gasteiger partial charge in [0.1, 0.15) is 11.6 Å². The molecule has 3 rings (SSSR count). The minimum atomic E-state index is -0.0996. The maximum absolute atomic E-state index is 12.3. The summed E-state index contributed by atoms with van der Waals surface area (Å²) < 4.78 is 5.31. The van der Waals surface area contributed by atoms with Gasteiger partial charge in [0.25, 0.3) is 5.91 Å². The molecule has 2 aromatic rings. The molecule has 1 aliphatic carbocycles. The zero-order chi connectivity index (χ0) is 15.4. The van der Waals surface area contributed by atoms with Crippen LogP contribution in [-0.2, 0) is 0 Å². The molecule has 2 N–H and O–H groups in total. The number of nitrogens with zero attached hydrogens (tertiary/aromatic N) is 1. The Morgan fingerprint density at radius 2 is 2.09 bits per heavy atom. The first-order valence-corrected chi connectivity index (χ1v) is 7.41. The third-order valence-corrected chi connectivity index (χ3v) is 3.66. The standard InChI is InChI=1S/C17H19N3O2/c1-22-15-7-3-2-6-14(15)20-16-13(5-4-10-18-16)17(21)19-11-12-8-9-12/h2-7,10,12H,8-9,11H2,1H3,(H,18,20)(H,19,21). The second-order valence-electron chi connectivity index (χ2n) is 5.38. The average molecular weight is 297 g/mol. The second kappa shape index (κ2) is 6.47. The van der Waals surface area contributed by atoms with Crippen LogP contribution in [0.15, 0.2) is 42.6 Å². The van der Waals surface area contributed by atoms with Gasteiger partial charge in [0.15, 0.2) is 0 Å². The first-order valence-electron chi connectivity index (χ1n) is 7.41. The summed E-state index contributed by atoms with van der Waals surface area (Å²) in [6.45, 7) is 0.738. The fourth-order valence-electron chi connectivity index (χ4n) is 2.22. The van der Waals surface area contributed by atoms with Gasteiger partial charge < -0.3 is 15.4 Å². The van der Waals surface area contributed by atoms with Gasteiger partial charge in [0.2, 0.25) is 0 Å². The monoisotopic (exact) mass is 297 g/mol. The van der Waals surface area contributed by atoms with E-state index in [9.17, 15) is 4.79 Å². The van der Waals surface area contributed by atoms with Crippen LogP contribution in [0.3, 0.4) is 0 Å². The number of amides is 1. The lowest BCUT2D eigenvalue weighted by Crippen LogP contribution is -2.26. The fraction of sp³-hybridized carbons (Fsp3) is 0.294. The summed E-state index contributed by atoms with van der Waals surface area (Å²) >= 11 is 0. The molecular formula is C17H19N3O2. The predicted molar refractivity (Wildman–Crippen MR) is 85.6 cm³/mol. The molecule has 1 aromatic heterocycles. The van der Waals surface area contributed by atoms with Crippen LogP contribution in [0.4, 0.5) is 11.5 Å². The van der Waals surface area contributed by atoms with Crippen molar-refractivity contribution in [3.63, 3.8) is 0 Å². The van der Waals surface area contributed by atoms with Crippen LogP contribution in [0.5, 0.6) is 5.75 Å². The van der Waals surface area contributed by atoms with E-state index in [0.29, 0.717) is 23.0 Å². The Kier molecular flexibility index (Phi) is 4.23. The molecule has 114 valence electrons. The third-order valence-electron chi connectivity index (χ3n) is 3.66. The maximum Gasteiger partial charge on any atom is 0.255 e.